The third kappa shape index (κ3) is 3.40. The molecule has 0 aliphatic heterocycles. The lowest BCUT2D eigenvalue weighted by molar-refractivity contribution is -0.117. The van der Waals surface area contributed by atoms with Gasteiger partial charge in [0.25, 0.3) is 0 Å². The molecule has 0 aliphatic carbocycles. The van der Waals surface area contributed by atoms with E-state index in [1.165, 1.54) is 13.0 Å². The second-order valence-corrected chi connectivity index (χ2v) is 4.02. The minimum Gasteiger partial charge on any atom is -0.300 e. The van der Waals surface area contributed by atoms with Gasteiger partial charge in [-0.2, -0.15) is 0 Å². The maximum Gasteiger partial charge on any atom is 0.159 e. The number of hydrogen-bond acceptors (Lipinski definition) is 1. The highest BCUT2D eigenvalue weighted by atomic mass is 19.2. The van der Waals surface area contributed by atoms with Crippen LogP contribution in [0.2, 0.25) is 0 Å². The van der Waals surface area contributed by atoms with Crippen LogP contribution in [-0.2, 0) is 4.79 Å². The maximum atomic E-state index is 13.0. The molecule has 1 nitrogen and oxygen atoms in total. The molecule has 1 aromatic carbocycles. The molecule has 1 atom stereocenters. The van der Waals surface area contributed by atoms with E-state index in [1.807, 2.05) is 6.92 Å². The minimum atomic E-state index is -0.829. The van der Waals surface area contributed by atoms with Crippen LogP contribution in [0.5, 0.6) is 0 Å². The third-order valence-electron chi connectivity index (χ3n) is 2.75. The molecule has 88 valence electrons. The van der Waals surface area contributed by atoms with Crippen LogP contribution >= 0.6 is 0 Å². The molecular formula is C13H16F2O. The molecule has 0 saturated heterocycles. The largest absolute Gasteiger partial charge is 0.300 e. The summed E-state index contributed by atoms with van der Waals surface area (Å²) in [5.41, 5.74) is 0.766. The van der Waals surface area contributed by atoms with Crippen LogP contribution in [0.1, 0.15) is 44.6 Å². The van der Waals surface area contributed by atoms with E-state index >= 15 is 0 Å². The van der Waals surface area contributed by atoms with Crippen LogP contribution in [0.4, 0.5) is 8.78 Å². The average molecular weight is 226 g/mol. The molecule has 0 N–H and O–H groups in total. The number of hydrogen-bond donors (Lipinski definition) is 0. The van der Waals surface area contributed by atoms with Crippen molar-refractivity contribution >= 4 is 5.78 Å². The van der Waals surface area contributed by atoms with E-state index in [4.69, 9.17) is 0 Å². The Labute approximate surface area is 94.5 Å². The molecule has 1 unspecified atom stereocenters. The summed E-state index contributed by atoms with van der Waals surface area (Å²) in [6.45, 7) is 3.52. The van der Waals surface area contributed by atoms with Crippen LogP contribution in [0.15, 0.2) is 18.2 Å². The molecule has 0 heterocycles. The first-order chi connectivity index (χ1) is 7.54. The Bertz CT molecular complexity index is 374. The van der Waals surface area contributed by atoms with Crippen LogP contribution in [0, 0.1) is 11.6 Å². The minimum absolute atomic E-state index is 0.124. The highest BCUT2D eigenvalue weighted by Gasteiger charge is 2.12. The normalized spacial score (nSPS) is 12.5. The molecule has 0 spiro atoms. The van der Waals surface area contributed by atoms with Gasteiger partial charge < -0.3 is 4.79 Å². The van der Waals surface area contributed by atoms with E-state index in [0.717, 1.165) is 18.1 Å². The molecule has 0 aromatic heterocycles. The van der Waals surface area contributed by atoms with Crippen molar-refractivity contribution in [3.8, 4) is 0 Å². The molecule has 16 heavy (non-hydrogen) atoms. The van der Waals surface area contributed by atoms with Crippen molar-refractivity contribution in [1.82, 2.24) is 0 Å². The first-order valence-corrected chi connectivity index (χ1v) is 5.49. The van der Waals surface area contributed by atoms with Crippen molar-refractivity contribution in [2.24, 2.45) is 0 Å². The number of benzene rings is 1. The van der Waals surface area contributed by atoms with Gasteiger partial charge in [-0.25, -0.2) is 8.78 Å². The summed E-state index contributed by atoms with van der Waals surface area (Å²) in [5, 5.41) is 0. The van der Waals surface area contributed by atoms with Gasteiger partial charge in [0.05, 0.1) is 0 Å². The average Bonchev–Trinajstić information content (AvgIpc) is 2.23. The monoisotopic (exact) mass is 226 g/mol. The first kappa shape index (κ1) is 12.8. The standard InChI is InChI=1S/C13H16F2O/c1-3-10(5-4-9(2)16)11-6-7-12(14)13(15)8-11/h6-8,10H,3-5H2,1-2H3. The fraction of sp³-hybridized carbons (Fsp3) is 0.462. The molecule has 0 radical (unpaired) electrons. The van der Waals surface area contributed by atoms with Crippen molar-refractivity contribution in [3.63, 3.8) is 0 Å². The lowest BCUT2D eigenvalue weighted by atomic mass is 9.91. The van der Waals surface area contributed by atoms with Gasteiger partial charge in [0.15, 0.2) is 11.6 Å². The van der Waals surface area contributed by atoms with Crippen molar-refractivity contribution < 1.29 is 13.6 Å². The number of Topliss-reactive ketones (excluding diaryl/α,β-unsaturated/α-hetero) is 1. The second kappa shape index (κ2) is 5.73. The summed E-state index contributed by atoms with van der Waals surface area (Å²) in [6, 6.07) is 3.96. The van der Waals surface area contributed by atoms with Crippen LogP contribution in [0.3, 0.4) is 0 Å². The van der Waals surface area contributed by atoms with E-state index in [1.54, 1.807) is 6.07 Å². The van der Waals surface area contributed by atoms with E-state index in [9.17, 15) is 13.6 Å². The van der Waals surface area contributed by atoms with Crippen molar-refractivity contribution in [2.75, 3.05) is 0 Å². The molecule has 0 bridgehead atoms. The molecule has 1 aromatic rings. The zero-order valence-electron chi connectivity index (χ0n) is 9.59. The van der Waals surface area contributed by atoms with Crippen LogP contribution in [0.25, 0.3) is 0 Å². The molecule has 0 saturated carbocycles. The Hall–Kier alpha value is -1.25. The number of halogens is 2. The summed E-state index contributed by atoms with van der Waals surface area (Å²) < 4.78 is 25.8. The molecule has 0 aliphatic rings. The highest BCUT2D eigenvalue weighted by molar-refractivity contribution is 5.75. The lowest BCUT2D eigenvalue weighted by Gasteiger charge is -2.14. The molecule has 0 amide bonds. The smallest absolute Gasteiger partial charge is 0.159 e. The van der Waals surface area contributed by atoms with Crippen LogP contribution < -0.4 is 0 Å². The SMILES string of the molecule is CCC(CCC(C)=O)c1ccc(F)c(F)c1. The van der Waals surface area contributed by atoms with E-state index in [-0.39, 0.29) is 11.7 Å². The first-order valence-electron chi connectivity index (χ1n) is 5.49. The molecule has 3 heteroatoms. The zero-order valence-corrected chi connectivity index (χ0v) is 9.59. The number of rotatable bonds is 5. The summed E-state index contributed by atoms with van der Waals surface area (Å²) in [4.78, 5) is 10.9. The Morgan fingerprint density at radius 3 is 2.50 bits per heavy atom. The fourth-order valence-electron chi connectivity index (χ4n) is 1.75. The maximum absolute atomic E-state index is 13.0. The van der Waals surface area contributed by atoms with Crippen molar-refractivity contribution in [1.29, 1.82) is 0 Å². The van der Waals surface area contributed by atoms with Gasteiger partial charge in [-0.3, -0.25) is 0 Å². The lowest BCUT2D eigenvalue weighted by Crippen LogP contribution is -2.02. The van der Waals surface area contributed by atoms with Gasteiger partial charge in [-0.1, -0.05) is 13.0 Å². The Balaban J connectivity index is 2.78. The Kier molecular flexibility index (Phi) is 4.59. The number of carbonyl (C=O) groups is 1. The molecule has 0 fully saturated rings. The molecular weight excluding hydrogens is 210 g/mol. The number of ketones is 1. The predicted molar refractivity (Wildman–Crippen MR) is 59.3 cm³/mol. The summed E-state index contributed by atoms with van der Waals surface area (Å²) >= 11 is 0. The van der Waals surface area contributed by atoms with Gasteiger partial charge >= 0.3 is 0 Å². The van der Waals surface area contributed by atoms with Gasteiger partial charge in [0, 0.05) is 6.42 Å². The topological polar surface area (TPSA) is 17.1 Å². The Morgan fingerprint density at radius 2 is 2.00 bits per heavy atom. The van der Waals surface area contributed by atoms with Crippen molar-refractivity contribution in [3.05, 3.63) is 35.4 Å². The van der Waals surface area contributed by atoms with Gasteiger partial charge in [-0.05, 0) is 43.4 Å². The van der Waals surface area contributed by atoms with E-state index in [2.05, 4.69) is 0 Å². The number of carbonyl (C=O) groups excluding carboxylic acids is 1. The van der Waals surface area contributed by atoms with Crippen molar-refractivity contribution in [2.45, 2.75) is 39.0 Å². The van der Waals surface area contributed by atoms with Crippen LogP contribution in [-0.4, -0.2) is 5.78 Å². The van der Waals surface area contributed by atoms with Gasteiger partial charge in [0.2, 0.25) is 0 Å². The second-order valence-electron chi connectivity index (χ2n) is 4.02. The quantitative estimate of drug-likeness (QED) is 0.745. The summed E-state index contributed by atoms with van der Waals surface area (Å²) in [7, 11) is 0. The summed E-state index contributed by atoms with van der Waals surface area (Å²) in [5.74, 6) is -1.40. The fourth-order valence-corrected chi connectivity index (χ4v) is 1.75. The predicted octanol–water partition coefficient (Wildman–Crippen LogP) is 3.83. The third-order valence-corrected chi connectivity index (χ3v) is 2.75. The summed E-state index contributed by atoms with van der Waals surface area (Å²) in [6.07, 6.45) is 1.99. The molecule has 1 rings (SSSR count). The highest BCUT2D eigenvalue weighted by Crippen LogP contribution is 2.26. The Morgan fingerprint density at radius 1 is 1.31 bits per heavy atom. The zero-order chi connectivity index (χ0) is 12.1. The van der Waals surface area contributed by atoms with E-state index < -0.39 is 11.6 Å². The van der Waals surface area contributed by atoms with Gasteiger partial charge in [-0.15, -0.1) is 0 Å². The van der Waals surface area contributed by atoms with Gasteiger partial charge in [0.1, 0.15) is 5.78 Å². The van der Waals surface area contributed by atoms with E-state index in [0.29, 0.717) is 12.8 Å².